The zero-order valence-corrected chi connectivity index (χ0v) is 17.0. The summed E-state index contributed by atoms with van der Waals surface area (Å²) < 4.78 is 33.2. The third kappa shape index (κ3) is 4.43. The van der Waals surface area contributed by atoms with E-state index < -0.39 is 15.3 Å². The summed E-state index contributed by atoms with van der Waals surface area (Å²) in [4.78, 5) is 18.4. The zero-order chi connectivity index (χ0) is 20.3. The van der Waals surface area contributed by atoms with Crippen molar-refractivity contribution < 1.29 is 17.9 Å². The molecule has 29 heavy (non-hydrogen) atoms. The van der Waals surface area contributed by atoms with E-state index in [2.05, 4.69) is 4.98 Å². The number of hydrogen-bond acceptors (Lipinski definition) is 5. The number of hydrogen-bond donors (Lipinski definition) is 0. The first kappa shape index (κ1) is 19.8. The fourth-order valence-corrected chi connectivity index (χ4v) is 6.37. The van der Waals surface area contributed by atoms with E-state index in [9.17, 15) is 13.2 Å². The monoisotopic (exact) mass is 415 g/mol. The number of benzene rings is 1. The highest BCUT2D eigenvalue weighted by atomic mass is 32.2. The fraction of sp³-hybridized carbons (Fsp3) is 0.429. The number of carbonyl (C=O) groups excluding carboxylic acids is 1. The molecule has 1 amide bonds. The molecule has 8 heteroatoms. The molecule has 4 rings (SSSR count). The quantitative estimate of drug-likeness (QED) is 0.745. The van der Waals surface area contributed by atoms with Crippen molar-refractivity contribution in [1.82, 2.24) is 14.2 Å². The van der Waals surface area contributed by atoms with Crippen LogP contribution in [0.15, 0.2) is 54.9 Å². The molecular formula is C21H25N3O4S. The molecule has 2 aromatic rings. The van der Waals surface area contributed by atoms with E-state index in [-0.39, 0.29) is 18.4 Å². The maximum atomic E-state index is 13.0. The molecule has 2 fully saturated rings. The van der Waals surface area contributed by atoms with Crippen LogP contribution in [0.4, 0.5) is 0 Å². The van der Waals surface area contributed by atoms with Gasteiger partial charge < -0.3 is 9.64 Å². The van der Waals surface area contributed by atoms with Crippen LogP contribution >= 0.6 is 0 Å². The third-order valence-corrected chi connectivity index (χ3v) is 8.08. The Kier molecular flexibility index (Phi) is 5.82. The molecule has 0 saturated carbocycles. The highest BCUT2D eigenvalue weighted by molar-refractivity contribution is 7.90. The standard InChI is InChI=1S/C21H25N3O4S/c25-21(16-28-19-6-2-1-3-7-19)23-11-8-18-15-24(14-17-5-4-10-22-13-17)29(26,27)20(18)9-12-23/h1-7,10,13,18,20H,8-9,11-12,14-16H2/t18-,20-/m1/s1. The number of rotatable bonds is 5. The molecule has 3 heterocycles. The number of likely N-dealkylation sites (tertiary alicyclic amines) is 1. The van der Waals surface area contributed by atoms with Gasteiger partial charge in [0, 0.05) is 38.6 Å². The lowest BCUT2D eigenvalue weighted by molar-refractivity contribution is -0.133. The summed E-state index contributed by atoms with van der Waals surface area (Å²) in [5, 5.41) is -0.424. The predicted octanol–water partition coefficient (Wildman–Crippen LogP) is 1.91. The lowest BCUT2D eigenvalue weighted by Gasteiger charge is -2.22. The van der Waals surface area contributed by atoms with Crippen LogP contribution in [-0.4, -0.2) is 60.0 Å². The maximum Gasteiger partial charge on any atom is 0.260 e. The Bertz CT molecular complexity index is 937. The highest BCUT2D eigenvalue weighted by Gasteiger charge is 2.47. The minimum Gasteiger partial charge on any atom is -0.484 e. The van der Waals surface area contributed by atoms with E-state index in [0.29, 0.717) is 44.8 Å². The minimum atomic E-state index is -3.38. The van der Waals surface area contributed by atoms with Gasteiger partial charge in [0.15, 0.2) is 6.61 Å². The Balaban J connectivity index is 1.36. The summed E-state index contributed by atoms with van der Waals surface area (Å²) >= 11 is 0. The van der Waals surface area contributed by atoms with Gasteiger partial charge in [-0.3, -0.25) is 9.78 Å². The first-order valence-electron chi connectivity index (χ1n) is 9.87. The number of pyridine rings is 1. The molecule has 2 aliphatic heterocycles. The minimum absolute atomic E-state index is 0.0285. The van der Waals surface area contributed by atoms with Gasteiger partial charge in [0.25, 0.3) is 5.91 Å². The van der Waals surface area contributed by atoms with Crippen molar-refractivity contribution >= 4 is 15.9 Å². The van der Waals surface area contributed by atoms with Crippen molar-refractivity contribution in [1.29, 1.82) is 0 Å². The number of aromatic nitrogens is 1. The molecule has 1 aromatic heterocycles. The number of fused-ring (bicyclic) bond motifs is 1. The molecule has 0 N–H and O–H groups in total. The van der Waals surface area contributed by atoms with Crippen molar-refractivity contribution in [3.63, 3.8) is 0 Å². The number of carbonyl (C=O) groups is 1. The van der Waals surface area contributed by atoms with Gasteiger partial charge in [-0.2, -0.15) is 4.31 Å². The lowest BCUT2D eigenvalue weighted by Crippen LogP contribution is -2.37. The van der Waals surface area contributed by atoms with Crippen molar-refractivity contribution in [3.8, 4) is 5.75 Å². The van der Waals surface area contributed by atoms with Crippen molar-refractivity contribution in [2.24, 2.45) is 5.92 Å². The molecule has 0 aliphatic carbocycles. The van der Waals surface area contributed by atoms with Crippen molar-refractivity contribution in [3.05, 3.63) is 60.4 Å². The second-order valence-electron chi connectivity index (χ2n) is 7.56. The molecule has 1 aromatic carbocycles. The predicted molar refractivity (Wildman–Crippen MR) is 109 cm³/mol. The number of sulfonamides is 1. The highest BCUT2D eigenvalue weighted by Crippen LogP contribution is 2.35. The Hall–Kier alpha value is -2.45. The van der Waals surface area contributed by atoms with Gasteiger partial charge in [-0.05, 0) is 42.5 Å². The van der Waals surface area contributed by atoms with E-state index in [4.69, 9.17) is 4.74 Å². The molecule has 0 unspecified atom stereocenters. The van der Waals surface area contributed by atoms with Gasteiger partial charge in [-0.25, -0.2) is 8.42 Å². The third-order valence-electron chi connectivity index (χ3n) is 5.70. The average Bonchev–Trinajstić information content (AvgIpc) is 2.88. The molecule has 2 aliphatic rings. The molecule has 7 nitrogen and oxygen atoms in total. The first-order valence-corrected chi connectivity index (χ1v) is 11.4. The SMILES string of the molecule is O=C(COc1ccccc1)N1CC[C@@H]2CN(Cc3cccnc3)S(=O)(=O)[C@@H]2CC1. The van der Waals surface area contributed by atoms with Crippen molar-refractivity contribution in [2.45, 2.75) is 24.6 Å². The first-order chi connectivity index (χ1) is 14.0. The van der Waals surface area contributed by atoms with Crippen LogP contribution in [0.5, 0.6) is 5.75 Å². The normalized spacial score (nSPS) is 23.9. The van der Waals surface area contributed by atoms with E-state index in [1.165, 1.54) is 0 Å². The number of para-hydroxylation sites is 1. The smallest absolute Gasteiger partial charge is 0.260 e. The van der Waals surface area contributed by atoms with Crippen LogP contribution in [-0.2, 0) is 21.4 Å². The summed E-state index contributed by atoms with van der Waals surface area (Å²) in [5.41, 5.74) is 0.891. The second-order valence-corrected chi connectivity index (χ2v) is 9.71. The summed E-state index contributed by atoms with van der Waals surface area (Å²) in [6.45, 7) is 1.84. The fourth-order valence-electron chi connectivity index (χ4n) is 4.15. The molecule has 154 valence electrons. The van der Waals surface area contributed by atoms with E-state index >= 15 is 0 Å². The summed E-state index contributed by atoms with van der Waals surface area (Å²) in [6.07, 6.45) is 4.54. The Morgan fingerprint density at radius 1 is 1.10 bits per heavy atom. The molecule has 0 bridgehead atoms. The number of amides is 1. The summed E-state index contributed by atoms with van der Waals surface area (Å²) in [5.74, 6) is 0.601. The van der Waals surface area contributed by atoms with Crippen molar-refractivity contribution in [2.75, 3.05) is 26.2 Å². The number of nitrogens with zero attached hydrogens (tertiary/aromatic N) is 3. The average molecular weight is 416 g/mol. The van der Waals surface area contributed by atoms with Crippen LogP contribution < -0.4 is 4.74 Å². The second kappa shape index (κ2) is 8.51. The molecule has 0 spiro atoms. The largest absolute Gasteiger partial charge is 0.484 e. The Morgan fingerprint density at radius 2 is 1.90 bits per heavy atom. The Labute approximate surface area is 171 Å². The van der Waals surface area contributed by atoms with E-state index in [0.717, 1.165) is 5.56 Å². The van der Waals surface area contributed by atoms with Gasteiger partial charge in [-0.15, -0.1) is 0 Å². The lowest BCUT2D eigenvalue weighted by atomic mass is 10.0. The summed E-state index contributed by atoms with van der Waals surface area (Å²) in [6, 6.07) is 12.9. The van der Waals surface area contributed by atoms with E-state index in [1.807, 2.05) is 42.5 Å². The van der Waals surface area contributed by atoms with Gasteiger partial charge in [0.2, 0.25) is 10.0 Å². The Morgan fingerprint density at radius 3 is 2.66 bits per heavy atom. The van der Waals surface area contributed by atoms with Crippen LogP contribution in [0.25, 0.3) is 0 Å². The number of ether oxygens (including phenoxy) is 1. The molecule has 0 radical (unpaired) electrons. The van der Waals surface area contributed by atoms with Crippen LogP contribution in [0.1, 0.15) is 18.4 Å². The zero-order valence-electron chi connectivity index (χ0n) is 16.2. The van der Waals surface area contributed by atoms with Crippen LogP contribution in [0.3, 0.4) is 0 Å². The summed E-state index contributed by atoms with van der Waals surface area (Å²) in [7, 11) is -3.38. The molecule has 2 saturated heterocycles. The van der Waals surface area contributed by atoms with Gasteiger partial charge in [0.05, 0.1) is 5.25 Å². The van der Waals surface area contributed by atoms with Gasteiger partial charge in [0.1, 0.15) is 5.75 Å². The van der Waals surface area contributed by atoms with E-state index in [1.54, 1.807) is 21.6 Å². The molecular weight excluding hydrogens is 390 g/mol. The van der Waals surface area contributed by atoms with Crippen LogP contribution in [0, 0.1) is 5.92 Å². The maximum absolute atomic E-state index is 13.0. The van der Waals surface area contributed by atoms with Gasteiger partial charge >= 0.3 is 0 Å². The topological polar surface area (TPSA) is 79.8 Å². The van der Waals surface area contributed by atoms with Crippen LogP contribution in [0.2, 0.25) is 0 Å². The molecule has 2 atom stereocenters. The van der Waals surface area contributed by atoms with Gasteiger partial charge in [-0.1, -0.05) is 24.3 Å².